The fourth-order valence-electron chi connectivity index (χ4n) is 1.74. The van der Waals surface area contributed by atoms with Crippen molar-refractivity contribution in [2.24, 2.45) is 5.41 Å². The van der Waals surface area contributed by atoms with E-state index in [9.17, 15) is 9.59 Å². The number of para-hydroxylation sites is 2. The van der Waals surface area contributed by atoms with E-state index in [0.29, 0.717) is 11.4 Å². The van der Waals surface area contributed by atoms with Crippen LogP contribution in [-0.2, 0) is 9.59 Å². The number of halogens is 1. The van der Waals surface area contributed by atoms with E-state index in [1.807, 2.05) is 32.9 Å². The highest BCUT2D eigenvalue weighted by molar-refractivity contribution is 9.10. The summed E-state index contributed by atoms with van der Waals surface area (Å²) in [5.74, 6) is 0.317. The first-order chi connectivity index (χ1) is 10.3. The number of methoxy groups -OCH3 is 1. The van der Waals surface area contributed by atoms with Gasteiger partial charge in [0.05, 0.1) is 17.6 Å². The third-order valence-corrected chi connectivity index (χ3v) is 4.81. The van der Waals surface area contributed by atoms with Gasteiger partial charge in [-0.2, -0.15) is 0 Å². The Morgan fingerprint density at radius 1 is 1.27 bits per heavy atom. The van der Waals surface area contributed by atoms with Crippen LogP contribution in [0.25, 0.3) is 0 Å². The molecule has 6 heteroatoms. The van der Waals surface area contributed by atoms with Gasteiger partial charge in [-0.15, -0.1) is 0 Å². The van der Waals surface area contributed by atoms with E-state index in [2.05, 4.69) is 26.6 Å². The maximum absolute atomic E-state index is 11.9. The van der Waals surface area contributed by atoms with E-state index in [4.69, 9.17) is 4.74 Å². The molecule has 0 heterocycles. The van der Waals surface area contributed by atoms with Crippen molar-refractivity contribution >= 4 is 33.4 Å². The largest absolute Gasteiger partial charge is 0.495 e. The van der Waals surface area contributed by atoms with Crippen LogP contribution in [0.5, 0.6) is 5.75 Å². The van der Waals surface area contributed by atoms with Gasteiger partial charge in [-0.25, -0.2) is 0 Å². The number of carbonyl (C=O) groups is 2. The number of nitrogens with one attached hydrogen (secondary N) is 2. The van der Waals surface area contributed by atoms with Crippen molar-refractivity contribution in [2.45, 2.75) is 32.0 Å². The molecule has 22 heavy (non-hydrogen) atoms. The minimum Gasteiger partial charge on any atom is -0.495 e. The molecule has 1 atom stereocenters. The standard InChI is InChI=1S/C16H23BrN2O3/c1-16(2,3)14(17)15(21)18-10-9-13(20)19-11-7-5-6-8-12(11)22-4/h5-8,14H,9-10H2,1-4H3,(H,18,21)(H,19,20)/t14-/m0/s1. The quantitative estimate of drug-likeness (QED) is 0.756. The lowest BCUT2D eigenvalue weighted by Gasteiger charge is -2.24. The van der Waals surface area contributed by atoms with Crippen LogP contribution in [0.3, 0.4) is 0 Å². The van der Waals surface area contributed by atoms with Crippen molar-refractivity contribution in [1.29, 1.82) is 0 Å². The van der Waals surface area contributed by atoms with Gasteiger partial charge in [-0.3, -0.25) is 9.59 Å². The molecule has 2 amide bonds. The summed E-state index contributed by atoms with van der Waals surface area (Å²) in [4.78, 5) is 23.5. The number of alkyl halides is 1. The zero-order valence-electron chi connectivity index (χ0n) is 13.4. The van der Waals surface area contributed by atoms with Crippen LogP contribution in [0.15, 0.2) is 24.3 Å². The Labute approximate surface area is 139 Å². The molecule has 0 unspecified atom stereocenters. The topological polar surface area (TPSA) is 67.4 Å². The molecule has 1 rings (SSSR count). The molecule has 1 aromatic rings. The summed E-state index contributed by atoms with van der Waals surface area (Å²) in [5, 5.41) is 5.52. The van der Waals surface area contributed by atoms with E-state index in [1.165, 1.54) is 0 Å². The highest BCUT2D eigenvalue weighted by Gasteiger charge is 2.28. The number of hydrogen-bond acceptors (Lipinski definition) is 3. The monoisotopic (exact) mass is 370 g/mol. The highest BCUT2D eigenvalue weighted by Crippen LogP contribution is 2.26. The zero-order valence-corrected chi connectivity index (χ0v) is 15.0. The summed E-state index contributed by atoms with van der Waals surface area (Å²) in [7, 11) is 1.55. The Morgan fingerprint density at radius 3 is 2.50 bits per heavy atom. The van der Waals surface area contributed by atoms with Crippen LogP contribution in [0, 0.1) is 5.41 Å². The maximum Gasteiger partial charge on any atom is 0.234 e. The van der Waals surface area contributed by atoms with Crippen LogP contribution >= 0.6 is 15.9 Å². The molecule has 0 saturated carbocycles. The number of anilines is 1. The van der Waals surface area contributed by atoms with E-state index in [-0.39, 0.29) is 35.0 Å². The van der Waals surface area contributed by atoms with Crippen LogP contribution in [0.1, 0.15) is 27.2 Å². The van der Waals surface area contributed by atoms with Gasteiger partial charge in [0.2, 0.25) is 11.8 Å². The zero-order chi connectivity index (χ0) is 16.8. The SMILES string of the molecule is COc1ccccc1NC(=O)CCNC(=O)[C@H](Br)C(C)(C)C. The number of benzene rings is 1. The predicted octanol–water partition coefficient (Wildman–Crippen LogP) is 2.95. The summed E-state index contributed by atoms with van der Waals surface area (Å²) in [6.07, 6.45) is 0.202. The fourth-order valence-corrected chi connectivity index (χ4v) is 1.90. The summed E-state index contributed by atoms with van der Waals surface area (Å²) in [6.45, 7) is 6.21. The molecule has 0 bridgehead atoms. The molecule has 0 fully saturated rings. The fraction of sp³-hybridized carbons (Fsp3) is 0.500. The minimum absolute atomic E-state index is 0.113. The Morgan fingerprint density at radius 2 is 1.91 bits per heavy atom. The number of rotatable bonds is 6. The molecule has 0 aliphatic heterocycles. The summed E-state index contributed by atoms with van der Waals surface area (Å²) in [6, 6.07) is 7.19. The van der Waals surface area contributed by atoms with Crippen LogP contribution in [-0.4, -0.2) is 30.3 Å². The Bertz CT molecular complexity index is 526. The predicted molar refractivity (Wildman–Crippen MR) is 91.4 cm³/mol. The normalized spacial score (nSPS) is 12.4. The van der Waals surface area contributed by atoms with Gasteiger partial charge >= 0.3 is 0 Å². The molecule has 122 valence electrons. The van der Waals surface area contributed by atoms with E-state index < -0.39 is 0 Å². The van der Waals surface area contributed by atoms with Crippen molar-refractivity contribution in [3.05, 3.63) is 24.3 Å². The van der Waals surface area contributed by atoms with E-state index in [1.54, 1.807) is 19.2 Å². The maximum atomic E-state index is 11.9. The third kappa shape index (κ3) is 5.67. The summed E-state index contributed by atoms with van der Waals surface area (Å²) >= 11 is 3.37. The van der Waals surface area contributed by atoms with Gasteiger partial charge in [0, 0.05) is 13.0 Å². The van der Waals surface area contributed by atoms with Crippen molar-refractivity contribution in [1.82, 2.24) is 5.32 Å². The Kier molecular flexibility index (Phi) is 6.87. The lowest BCUT2D eigenvalue weighted by molar-refractivity contribution is -0.122. The van der Waals surface area contributed by atoms with Gasteiger partial charge in [-0.1, -0.05) is 48.8 Å². The van der Waals surface area contributed by atoms with Gasteiger partial charge in [0.15, 0.2) is 0 Å². The van der Waals surface area contributed by atoms with Crippen molar-refractivity contribution in [3.63, 3.8) is 0 Å². The molecular formula is C16H23BrN2O3. The van der Waals surface area contributed by atoms with Gasteiger partial charge in [0.1, 0.15) is 5.75 Å². The summed E-state index contributed by atoms with van der Waals surface area (Å²) in [5.41, 5.74) is 0.443. The molecule has 0 aromatic heterocycles. The molecule has 5 nitrogen and oxygen atoms in total. The van der Waals surface area contributed by atoms with Crippen LogP contribution < -0.4 is 15.4 Å². The molecular weight excluding hydrogens is 348 g/mol. The second-order valence-corrected chi connectivity index (χ2v) is 6.93. The first-order valence-electron chi connectivity index (χ1n) is 7.10. The molecule has 2 N–H and O–H groups in total. The molecule has 0 aliphatic rings. The van der Waals surface area contributed by atoms with Gasteiger partial charge < -0.3 is 15.4 Å². The Balaban J connectivity index is 2.43. The molecule has 1 aromatic carbocycles. The third-order valence-electron chi connectivity index (χ3n) is 3.02. The number of hydrogen-bond donors (Lipinski definition) is 2. The second-order valence-electron chi connectivity index (χ2n) is 6.02. The Hall–Kier alpha value is -1.56. The smallest absolute Gasteiger partial charge is 0.234 e. The molecule has 0 spiro atoms. The van der Waals surface area contributed by atoms with Crippen molar-refractivity contribution in [2.75, 3.05) is 19.0 Å². The highest BCUT2D eigenvalue weighted by atomic mass is 79.9. The number of carbonyl (C=O) groups excluding carboxylic acids is 2. The second kappa shape index (κ2) is 8.17. The first-order valence-corrected chi connectivity index (χ1v) is 8.02. The van der Waals surface area contributed by atoms with Crippen LogP contribution in [0.4, 0.5) is 5.69 Å². The molecule has 0 radical (unpaired) electrons. The molecule has 0 aliphatic carbocycles. The van der Waals surface area contributed by atoms with Crippen molar-refractivity contribution < 1.29 is 14.3 Å². The average Bonchev–Trinajstić information content (AvgIpc) is 2.45. The summed E-state index contributed by atoms with van der Waals surface area (Å²) < 4.78 is 5.17. The van der Waals surface area contributed by atoms with Gasteiger partial charge in [0.25, 0.3) is 0 Å². The number of ether oxygens (including phenoxy) is 1. The first kappa shape index (κ1) is 18.5. The number of amides is 2. The minimum atomic E-state index is -0.294. The van der Waals surface area contributed by atoms with Crippen LogP contribution in [0.2, 0.25) is 0 Å². The average molecular weight is 371 g/mol. The van der Waals surface area contributed by atoms with Crippen molar-refractivity contribution in [3.8, 4) is 5.75 Å². The van der Waals surface area contributed by atoms with E-state index in [0.717, 1.165) is 0 Å². The lowest BCUT2D eigenvalue weighted by Crippen LogP contribution is -2.39. The van der Waals surface area contributed by atoms with E-state index >= 15 is 0 Å². The lowest BCUT2D eigenvalue weighted by atomic mass is 9.92. The van der Waals surface area contributed by atoms with Gasteiger partial charge in [-0.05, 0) is 17.5 Å². The molecule has 0 saturated heterocycles.